The third-order valence-electron chi connectivity index (χ3n) is 2.34. The minimum atomic E-state index is 0.644. The second-order valence-electron chi connectivity index (χ2n) is 3.38. The van der Waals surface area contributed by atoms with Gasteiger partial charge in [0.05, 0.1) is 0 Å². The smallest absolute Gasteiger partial charge is 0.140 e. The number of aromatic amines is 1. The molecule has 0 aliphatic rings. The van der Waals surface area contributed by atoms with Crippen molar-refractivity contribution in [3.63, 3.8) is 0 Å². The lowest BCUT2D eigenvalue weighted by atomic mass is 10.2. The number of aryl methyl sites for hydroxylation is 1. The Balaban J connectivity index is 2.61. The average Bonchev–Trinajstić information content (AvgIpc) is 2.26. The first-order chi connectivity index (χ1) is 7.18. The van der Waals surface area contributed by atoms with E-state index in [1.807, 2.05) is 26.0 Å². The molecule has 2 aromatic heterocycles. The highest BCUT2D eigenvalue weighted by Crippen LogP contribution is 2.15. The molecule has 15 heavy (non-hydrogen) atoms. The van der Waals surface area contributed by atoms with Gasteiger partial charge in [0, 0.05) is 29.2 Å². The van der Waals surface area contributed by atoms with Crippen molar-refractivity contribution in [2.75, 3.05) is 0 Å². The number of nitrogens with zero attached hydrogens (tertiary/aromatic N) is 2. The normalized spacial score (nSPS) is 10.3. The minimum Gasteiger partial charge on any atom is -0.343 e. The number of rotatable bonds is 1. The third kappa shape index (κ3) is 1.94. The molecule has 0 radical (unpaired) electrons. The molecule has 76 valence electrons. The van der Waals surface area contributed by atoms with Crippen molar-refractivity contribution in [2.45, 2.75) is 13.8 Å². The van der Waals surface area contributed by atoms with Crippen LogP contribution in [0.5, 0.6) is 0 Å². The maximum absolute atomic E-state index is 5.18. The van der Waals surface area contributed by atoms with Crippen molar-refractivity contribution < 1.29 is 0 Å². The maximum Gasteiger partial charge on any atom is 0.140 e. The van der Waals surface area contributed by atoms with Crippen LogP contribution >= 0.6 is 12.2 Å². The average molecular weight is 217 g/mol. The van der Waals surface area contributed by atoms with E-state index in [0.717, 1.165) is 22.6 Å². The molecule has 0 aliphatic carbocycles. The van der Waals surface area contributed by atoms with E-state index in [0.29, 0.717) is 4.64 Å². The Labute approximate surface area is 93.2 Å². The Hall–Kier alpha value is -1.55. The van der Waals surface area contributed by atoms with E-state index in [1.54, 1.807) is 12.4 Å². The van der Waals surface area contributed by atoms with E-state index in [4.69, 9.17) is 12.2 Å². The van der Waals surface area contributed by atoms with Gasteiger partial charge in [-0.2, -0.15) is 0 Å². The number of hydrogen-bond donors (Lipinski definition) is 1. The summed E-state index contributed by atoms with van der Waals surface area (Å²) in [6.07, 6.45) is 3.50. The molecular weight excluding hydrogens is 206 g/mol. The SMILES string of the molecule is Cc1[nH]c(-c2cccnc2)nc(=S)c1C. The van der Waals surface area contributed by atoms with Crippen molar-refractivity contribution >= 4 is 12.2 Å². The van der Waals surface area contributed by atoms with E-state index in [1.165, 1.54) is 0 Å². The predicted octanol–water partition coefficient (Wildman–Crippen LogP) is 2.82. The van der Waals surface area contributed by atoms with Crippen molar-refractivity contribution in [1.29, 1.82) is 0 Å². The van der Waals surface area contributed by atoms with Crippen LogP contribution in [0.3, 0.4) is 0 Å². The van der Waals surface area contributed by atoms with Crippen LogP contribution in [0.15, 0.2) is 24.5 Å². The van der Waals surface area contributed by atoms with Gasteiger partial charge in [0.1, 0.15) is 10.5 Å². The van der Waals surface area contributed by atoms with Gasteiger partial charge in [-0.1, -0.05) is 12.2 Å². The molecule has 0 saturated heterocycles. The zero-order valence-electron chi connectivity index (χ0n) is 8.61. The van der Waals surface area contributed by atoms with Gasteiger partial charge < -0.3 is 4.98 Å². The topological polar surface area (TPSA) is 41.6 Å². The van der Waals surface area contributed by atoms with Crippen LogP contribution < -0.4 is 0 Å². The largest absolute Gasteiger partial charge is 0.343 e. The molecule has 0 unspecified atom stereocenters. The highest BCUT2D eigenvalue weighted by Gasteiger charge is 2.03. The molecule has 0 aromatic carbocycles. The van der Waals surface area contributed by atoms with Crippen LogP contribution in [0.1, 0.15) is 11.3 Å². The van der Waals surface area contributed by atoms with Crippen molar-refractivity contribution in [3.05, 3.63) is 40.4 Å². The monoisotopic (exact) mass is 217 g/mol. The second-order valence-corrected chi connectivity index (χ2v) is 3.77. The van der Waals surface area contributed by atoms with Gasteiger partial charge in [0.25, 0.3) is 0 Å². The summed E-state index contributed by atoms with van der Waals surface area (Å²) < 4.78 is 0.644. The van der Waals surface area contributed by atoms with E-state index < -0.39 is 0 Å². The summed E-state index contributed by atoms with van der Waals surface area (Å²) in [5.74, 6) is 0.774. The molecular formula is C11H11N3S. The number of nitrogens with one attached hydrogen (secondary N) is 1. The summed E-state index contributed by atoms with van der Waals surface area (Å²) in [5.41, 5.74) is 3.03. The fraction of sp³-hybridized carbons (Fsp3) is 0.182. The Morgan fingerprint density at radius 2 is 2.13 bits per heavy atom. The van der Waals surface area contributed by atoms with E-state index in [-0.39, 0.29) is 0 Å². The number of pyridine rings is 1. The number of hydrogen-bond acceptors (Lipinski definition) is 3. The Kier molecular flexibility index (Phi) is 2.60. The first-order valence-corrected chi connectivity index (χ1v) is 5.07. The van der Waals surface area contributed by atoms with Crippen LogP contribution in [0, 0.1) is 18.5 Å². The van der Waals surface area contributed by atoms with Crippen LogP contribution in [0.2, 0.25) is 0 Å². The fourth-order valence-corrected chi connectivity index (χ4v) is 1.53. The lowest BCUT2D eigenvalue weighted by molar-refractivity contribution is 1.05. The molecule has 3 nitrogen and oxygen atoms in total. The lowest BCUT2D eigenvalue weighted by Gasteiger charge is -2.04. The Morgan fingerprint density at radius 1 is 1.33 bits per heavy atom. The summed E-state index contributed by atoms with van der Waals surface area (Å²) in [5, 5.41) is 0. The fourth-order valence-electron chi connectivity index (χ4n) is 1.28. The minimum absolute atomic E-state index is 0.644. The lowest BCUT2D eigenvalue weighted by Crippen LogP contribution is -1.96. The van der Waals surface area contributed by atoms with Crippen LogP contribution in [-0.4, -0.2) is 15.0 Å². The van der Waals surface area contributed by atoms with Gasteiger partial charge in [-0.3, -0.25) is 4.98 Å². The van der Waals surface area contributed by atoms with Crippen LogP contribution in [-0.2, 0) is 0 Å². The quantitative estimate of drug-likeness (QED) is 0.747. The van der Waals surface area contributed by atoms with Gasteiger partial charge in [-0.15, -0.1) is 0 Å². The van der Waals surface area contributed by atoms with Crippen LogP contribution in [0.4, 0.5) is 0 Å². The summed E-state index contributed by atoms with van der Waals surface area (Å²) in [7, 11) is 0. The van der Waals surface area contributed by atoms with Gasteiger partial charge in [-0.05, 0) is 26.0 Å². The summed E-state index contributed by atoms with van der Waals surface area (Å²) in [6, 6.07) is 3.83. The highest BCUT2D eigenvalue weighted by atomic mass is 32.1. The third-order valence-corrected chi connectivity index (χ3v) is 2.73. The molecule has 0 spiro atoms. The molecule has 0 atom stereocenters. The maximum atomic E-state index is 5.18. The van der Waals surface area contributed by atoms with Crippen molar-refractivity contribution in [3.8, 4) is 11.4 Å². The first-order valence-electron chi connectivity index (χ1n) is 4.66. The van der Waals surface area contributed by atoms with Gasteiger partial charge >= 0.3 is 0 Å². The first kappa shape index (κ1) is 9.98. The molecule has 2 aromatic rings. The molecule has 0 bridgehead atoms. The van der Waals surface area contributed by atoms with Gasteiger partial charge in [0.15, 0.2) is 0 Å². The molecule has 0 saturated carbocycles. The molecule has 2 heterocycles. The summed E-state index contributed by atoms with van der Waals surface area (Å²) in [6.45, 7) is 3.96. The molecule has 2 rings (SSSR count). The number of aromatic nitrogens is 3. The standard InChI is InChI=1S/C11H11N3S/c1-7-8(2)13-10(14-11(7)15)9-4-3-5-12-6-9/h3-6H,1-2H3,(H,13,14,15). The van der Waals surface area contributed by atoms with Gasteiger partial charge in [0.2, 0.25) is 0 Å². The van der Waals surface area contributed by atoms with Crippen LogP contribution in [0.25, 0.3) is 11.4 Å². The van der Waals surface area contributed by atoms with E-state index >= 15 is 0 Å². The summed E-state index contributed by atoms with van der Waals surface area (Å²) >= 11 is 5.18. The Bertz CT molecular complexity index is 531. The molecule has 0 aliphatic heterocycles. The van der Waals surface area contributed by atoms with E-state index in [9.17, 15) is 0 Å². The molecule has 0 fully saturated rings. The molecule has 4 heteroatoms. The predicted molar refractivity (Wildman–Crippen MR) is 62.1 cm³/mol. The number of H-pyrrole nitrogens is 1. The molecule has 0 amide bonds. The molecule has 1 N–H and O–H groups in total. The van der Waals surface area contributed by atoms with E-state index in [2.05, 4.69) is 15.0 Å². The second kappa shape index (κ2) is 3.90. The highest BCUT2D eigenvalue weighted by molar-refractivity contribution is 7.71. The van der Waals surface area contributed by atoms with Crippen molar-refractivity contribution in [2.24, 2.45) is 0 Å². The van der Waals surface area contributed by atoms with Crippen molar-refractivity contribution in [1.82, 2.24) is 15.0 Å². The van der Waals surface area contributed by atoms with Gasteiger partial charge in [-0.25, -0.2) is 4.98 Å². The zero-order chi connectivity index (χ0) is 10.8. The summed E-state index contributed by atoms with van der Waals surface area (Å²) in [4.78, 5) is 11.6. The zero-order valence-corrected chi connectivity index (χ0v) is 9.43. The Morgan fingerprint density at radius 3 is 2.73 bits per heavy atom.